The van der Waals surface area contributed by atoms with Gasteiger partial charge in [0.15, 0.2) is 0 Å². The number of aromatic nitrogens is 2. The number of nitrogens with zero attached hydrogens (tertiary/aromatic N) is 3. The summed E-state index contributed by atoms with van der Waals surface area (Å²) in [4.78, 5) is 27.2. The molecule has 8 nitrogen and oxygen atoms in total. The molecule has 1 aliphatic rings. The number of piperazine rings is 1. The first-order valence-electron chi connectivity index (χ1n) is 7.59. The van der Waals surface area contributed by atoms with Gasteiger partial charge in [-0.2, -0.15) is 5.10 Å². The summed E-state index contributed by atoms with van der Waals surface area (Å²) in [5.41, 5.74) is 0.590. The van der Waals surface area contributed by atoms with Gasteiger partial charge >= 0.3 is 6.03 Å². The zero-order chi connectivity index (χ0) is 16.9. The van der Waals surface area contributed by atoms with Crippen molar-refractivity contribution in [2.75, 3.05) is 32.1 Å². The van der Waals surface area contributed by atoms with Crippen LogP contribution < -0.4 is 10.6 Å². The van der Waals surface area contributed by atoms with E-state index in [4.69, 9.17) is 4.74 Å². The van der Waals surface area contributed by atoms with Gasteiger partial charge in [-0.15, -0.1) is 11.3 Å². The average molecular weight is 349 g/mol. The molecule has 2 aromatic heterocycles. The molecule has 1 aliphatic heterocycles. The van der Waals surface area contributed by atoms with E-state index in [2.05, 4.69) is 15.7 Å². The Morgan fingerprint density at radius 2 is 2.46 bits per heavy atom. The summed E-state index contributed by atoms with van der Waals surface area (Å²) in [5.74, 6) is -0.158. The standard InChI is InChI=1S/C15H19N5O3S/c1-23-7-6-19-10-11(9-17-19)18-15(22)20-5-4-16-14(21)13(20)12-3-2-8-24-12/h2-3,8-10,13H,4-7H2,1H3,(H,16,21)(H,18,22)/t13-/m1/s1. The van der Waals surface area contributed by atoms with Crippen molar-refractivity contribution in [2.24, 2.45) is 0 Å². The van der Waals surface area contributed by atoms with E-state index in [9.17, 15) is 9.59 Å². The summed E-state index contributed by atoms with van der Waals surface area (Å²) in [6.07, 6.45) is 3.32. The van der Waals surface area contributed by atoms with Crippen LogP contribution in [0.1, 0.15) is 10.9 Å². The minimum atomic E-state index is -0.595. The molecule has 3 amide bonds. The number of nitrogens with one attached hydrogen (secondary N) is 2. The first-order chi connectivity index (χ1) is 11.7. The summed E-state index contributed by atoms with van der Waals surface area (Å²) in [6.45, 7) is 2.05. The number of rotatable bonds is 5. The Labute approximate surface area is 143 Å². The minimum Gasteiger partial charge on any atom is -0.383 e. The van der Waals surface area contributed by atoms with Crippen molar-refractivity contribution in [1.29, 1.82) is 0 Å². The summed E-state index contributed by atoms with van der Waals surface area (Å²) in [6, 6.07) is 2.83. The molecule has 0 radical (unpaired) electrons. The topological polar surface area (TPSA) is 88.5 Å². The number of carbonyl (C=O) groups is 2. The van der Waals surface area contributed by atoms with Gasteiger partial charge in [-0.1, -0.05) is 6.07 Å². The molecule has 0 bridgehead atoms. The van der Waals surface area contributed by atoms with Crippen LogP contribution in [0.3, 0.4) is 0 Å². The number of urea groups is 1. The zero-order valence-corrected chi connectivity index (χ0v) is 14.1. The van der Waals surface area contributed by atoms with E-state index in [1.807, 2.05) is 17.5 Å². The van der Waals surface area contributed by atoms with E-state index >= 15 is 0 Å². The highest BCUT2D eigenvalue weighted by Gasteiger charge is 2.35. The van der Waals surface area contributed by atoms with Crippen molar-refractivity contribution >= 4 is 29.0 Å². The summed E-state index contributed by atoms with van der Waals surface area (Å²) < 4.78 is 6.69. The fraction of sp³-hybridized carbons (Fsp3) is 0.400. The number of carbonyl (C=O) groups excluding carboxylic acids is 2. The van der Waals surface area contributed by atoms with E-state index in [0.29, 0.717) is 31.9 Å². The third-order valence-electron chi connectivity index (χ3n) is 3.69. The van der Waals surface area contributed by atoms with Crippen LogP contribution in [0.4, 0.5) is 10.5 Å². The van der Waals surface area contributed by atoms with Crippen LogP contribution in [-0.4, -0.2) is 53.4 Å². The zero-order valence-electron chi connectivity index (χ0n) is 13.3. The van der Waals surface area contributed by atoms with Crippen molar-refractivity contribution in [1.82, 2.24) is 20.0 Å². The highest BCUT2D eigenvalue weighted by molar-refractivity contribution is 7.10. The van der Waals surface area contributed by atoms with Crippen LogP contribution >= 0.6 is 11.3 Å². The second-order valence-corrected chi connectivity index (χ2v) is 6.30. The third-order valence-corrected chi connectivity index (χ3v) is 4.62. The second kappa shape index (κ2) is 7.45. The molecule has 9 heteroatoms. The quantitative estimate of drug-likeness (QED) is 0.851. The van der Waals surface area contributed by atoms with E-state index in [-0.39, 0.29) is 11.9 Å². The maximum atomic E-state index is 12.6. The smallest absolute Gasteiger partial charge is 0.322 e. The highest BCUT2D eigenvalue weighted by Crippen LogP contribution is 2.27. The fourth-order valence-corrected chi connectivity index (χ4v) is 3.38. The number of thiophene rings is 1. The van der Waals surface area contributed by atoms with Gasteiger partial charge in [0, 0.05) is 31.3 Å². The fourth-order valence-electron chi connectivity index (χ4n) is 2.55. The predicted octanol–water partition coefficient (Wildman–Crippen LogP) is 1.30. The lowest BCUT2D eigenvalue weighted by molar-refractivity contribution is -0.127. The molecule has 0 saturated carbocycles. The molecule has 1 saturated heterocycles. The monoisotopic (exact) mass is 349 g/mol. The number of ether oxygens (including phenoxy) is 1. The lowest BCUT2D eigenvalue weighted by Crippen LogP contribution is -2.53. The maximum Gasteiger partial charge on any atom is 0.322 e. The number of hydrogen-bond donors (Lipinski definition) is 2. The van der Waals surface area contributed by atoms with E-state index in [1.54, 1.807) is 29.1 Å². The van der Waals surface area contributed by atoms with Gasteiger partial charge in [-0.25, -0.2) is 4.79 Å². The Balaban J connectivity index is 1.70. The van der Waals surface area contributed by atoms with E-state index in [0.717, 1.165) is 4.88 Å². The molecular weight excluding hydrogens is 330 g/mol. The lowest BCUT2D eigenvalue weighted by atomic mass is 10.1. The van der Waals surface area contributed by atoms with Crippen molar-refractivity contribution in [3.8, 4) is 0 Å². The molecule has 0 unspecified atom stereocenters. The average Bonchev–Trinajstić information content (AvgIpc) is 3.24. The van der Waals surface area contributed by atoms with Gasteiger partial charge in [0.05, 0.1) is 25.0 Å². The second-order valence-electron chi connectivity index (χ2n) is 5.32. The summed E-state index contributed by atoms with van der Waals surface area (Å²) >= 11 is 1.46. The van der Waals surface area contributed by atoms with Crippen LogP contribution in [0, 0.1) is 0 Å². The van der Waals surface area contributed by atoms with Crippen molar-refractivity contribution in [2.45, 2.75) is 12.6 Å². The van der Waals surface area contributed by atoms with Crippen LogP contribution in [0.5, 0.6) is 0 Å². The van der Waals surface area contributed by atoms with Crippen molar-refractivity contribution in [3.05, 3.63) is 34.8 Å². The van der Waals surface area contributed by atoms with Gasteiger partial charge in [0.25, 0.3) is 0 Å². The molecule has 3 rings (SSSR count). The number of methoxy groups -OCH3 is 1. The lowest BCUT2D eigenvalue weighted by Gasteiger charge is -2.34. The van der Waals surface area contributed by atoms with E-state index in [1.165, 1.54) is 11.3 Å². The van der Waals surface area contributed by atoms with Crippen molar-refractivity contribution in [3.63, 3.8) is 0 Å². The molecule has 3 heterocycles. The van der Waals surface area contributed by atoms with Crippen LogP contribution in [0.15, 0.2) is 29.9 Å². The molecule has 1 atom stereocenters. The summed E-state index contributed by atoms with van der Waals surface area (Å²) in [5, 5.41) is 11.7. The molecule has 24 heavy (non-hydrogen) atoms. The molecular formula is C15H19N5O3S. The van der Waals surface area contributed by atoms with Crippen molar-refractivity contribution < 1.29 is 14.3 Å². The predicted molar refractivity (Wildman–Crippen MR) is 89.9 cm³/mol. The normalized spacial score (nSPS) is 17.6. The first kappa shape index (κ1) is 16.5. The van der Waals surface area contributed by atoms with Crippen LogP contribution in [-0.2, 0) is 16.1 Å². The van der Waals surface area contributed by atoms with Gasteiger partial charge in [-0.3, -0.25) is 9.48 Å². The van der Waals surface area contributed by atoms with Gasteiger partial charge in [-0.05, 0) is 11.4 Å². The molecule has 0 spiro atoms. The Bertz CT molecular complexity index is 700. The molecule has 1 fully saturated rings. The van der Waals surface area contributed by atoms with Gasteiger partial charge < -0.3 is 20.3 Å². The molecule has 2 N–H and O–H groups in total. The molecule has 0 aliphatic carbocycles. The van der Waals surface area contributed by atoms with Crippen LogP contribution in [0.25, 0.3) is 0 Å². The minimum absolute atomic E-state index is 0.158. The Morgan fingerprint density at radius 1 is 1.58 bits per heavy atom. The molecule has 128 valence electrons. The van der Waals surface area contributed by atoms with Gasteiger partial charge in [0.2, 0.25) is 5.91 Å². The van der Waals surface area contributed by atoms with Gasteiger partial charge in [0.1, 0.15) is 6.04 Å². The Hall–Kier alpha value is -2.39. The number of hydrogen-bond acceptors (Lipinski definition) is 5. The molecule has 2 aromatic rings. The maximum absolute atomic E-state index is 12.6. The van der Waals surface area contributed by atoms with Crippen LogP contribution in [0.2, 0.25) is 0 Å². The number of amides is 3. The third kappa shape index (κ3) is 3.57. The highest BCUT2D eigenvalue weighted by atomic mass is 32.1. The van der Waals surface area contributed by atoms with E-state index < -0.39 is 6.04 Å². The SMILES string of the molecule is COCCn1cc(NC(=O)N2CCNC(=O)[C@H]2c2cccs2)cn1. The first-order valence-corrected chi connectivity index (χ1v) is 8.47. The summed E-state index contributed by atoms with van der Waals surface area (Å²) in [7, 11) is 1.62. The molecule has 0 aromatic carbocycles. The number of anilines is 1. The Kier molecular flexibility index (Phi) is 5.11. The largest absolute Gasteiger partial charge is 0.383 e. The Morgan fingerprint density at radius 3 is 3.21 bits per heavy atom.